The van der Waals surface area contributed by atoms with E-state index >= 15 is 0 Å². The Kier molecular flexibility index (Phi) is 3.81. The van der Waals surface area contributed by atoms with Gasteiger partial charge in [0, 0.05) is 13.1 Å². The molecule has 7 nitrogen and oxygen atoms in total. The van der Waals surface area contributed by atoms with Crippen LogP contribution in [0.4, 0.5) is 5.69 Å². The van der Waals surface area contributed by atoms with Gasteiger partial charge in [-0.2, -0.15) is 5.10 Å². The van der Waals surface area contributed by atoms with Crippen LogP contribution in [0, 0.1) is 17.0 Å². The predicted molar refractivity (Wildman–Crippen MR) is 65.7 cm³/mol. The third-order valence-corrected chi connectivity index (χ3v) is 3.16. The summed E-state index contributed by atoms with van der Waals surface area (Å²) in [4.78, 5) is 10.5. The summed E-state index contributed by atoms with van der Waals surface area (Å²) in [5.41, 5.74) is 0.349. The van der Waals surface area contributed by atoms with E-state index in [1.807, 2.05) is 0 Å². The molecule has 1 aliphatic rings. The van der Waals surface area contributed by atoms with Gasteiger partial charge < -0.3 is 10.1 Å². The molecule has 0 spiro atoms. The van der Waals surface area contributed by atoms with Gasteiger partial charge in [0.05, 0.1) is 4.92 Å². The van der Waals surface area contributed by atoms with Crippen molar-refractivity contribution in [3.05, 3.63) is 15.8 Å². The summed E-state index contributed by atoms with van der Waals surface area (Å²) in [5, 5.41) is 18.3. The molecule has 1 saturated heterocycles. The van der Waals surface area contributed by atoms with Crippen LogP contribution in [0.3, 0.4) is 0 Å². The van der Waals surface area contributed by atoms with Crippen LogP contribution >= 0.6 is 0 Å². The van der Waals surface area contributed by atoms with Gasteiger partial charge in [0.25, 0.3) is 5.88 Å². The molecule has 1 N–H and O–H groups in total. The number of nitrogens with one attached hydrogen (secondary N) is 1. The number of nitro groups is 1. The third-order valence-electron chi connectivity index (χ3n) is 3.16. The van der Waals surface area contributed by atoms with E-state index in [0.29, 0.717) is 12.3 Å². The van der Waals surface area contributed by atoms with Crippen LogP contribution in [0.5, 0.6) is 5.88 Å². The van der Waals surface area contributed by atoms with E-state index in [-0.39, 0.29) is 17.6 Å². The second-order valence-electron chi connectivity index (χ2n) is 4.58. The van der Waals surface area contributed by atoms with Crippen molar-refractivity contribution in [3.63, 3.8) is 0 Å². The quantitative estimate of drug-likeness (QED) is 0.644. The van der Waals surface area contributed by atoms with Crippen molar-refractivity contribution < 1.29 is 9.66 Å². The fraction of sp³-hybridized carbons (Fsp3) is 0.727. The maximum absolute atomic E-state index is 11.0. The first-order chi connectivity index (χ1) is 8.59. The number of nitrogens with zero attached hydrogens (tertiary/aromatic N) is 3. The normalized spacial score (nSPS) is 19.8. The molecule has 0 bridgehead atoms. The molecule has 0 amide bonds. The summed E-state index contributed by atoms with van der Waals surface area (Å²) in [6.45, 7) is 3.05. The lowest BCUT2D eigenvalue weighted by Crippen LogP contribution is -2.38. The fourth-order valence-corrected chi connectivity index (χ4v) is 2.24. The number of hydrogen-bond donors (Lipinski definition) is 1. The Labute approximate surface area is 105 Å². The van der Waals surface area contributed by atoms with Crippen molar-refractivity contribution in [2.24, 2.45) is 7.05 Å². The minimum atomic E-state index is -0.439. The molecule has 0 saturated carbocycles. The first kappa shape index (κ1) is 12.8. The average molecular weight is 254 g/mol. The van der Waals surface area contributed by atoms with Gasteiger partial charge in [-0.15, -0.1) is 0 Å². The van der Waals surface area contributed by atoms with Crippen LogP contribution in [0.2, 0.25) is 0 Å². The second kappa shape index (κ2) is 5.34. The highest BCUT2D eigenvalue weighted by molar-refractivity contribution is 5.45. The molecule has 18 heavy (non-hydrogen) atoms. The topological polar surface area (TPSA) is 82.2 Å². The molecule has 100 valence electrons. The van der Waals surface area contributed by atoms with Gasteiger partial charge in [0.15, 0.2) is 0 Å². The van der Waals surface area contributed by atoms with E-state index in [1.54, 1.807) is 14.0 Å². The highest BCUT2D eigenvalue weighted by atomic mass is 16.6. The van der Waals surface area contributed by atoms with Crippen LogP contribution in [-0.4, -0.2) is 33.9 Å². The zero-order valence-corrected chi connectivity index (χ0v) is 10.7. The van der Waals surface area contributed by atoms with Crippen LogP contribution in [0.15, 0.2) is 0 Å². The van der Waals surface area contributed by atoms with E-state index in [0.717, 1.165) is 13.0 Å². The molecule has 0 aromatic carbocycles. The number of rotatable bonds is 4. The number of ether oxygens (including phenoxy) is 1. The molecule has 1 aromatic rings. The molecule has 1 aliphatic heterocycles. The van der Waals surface area contributed by atoms with Gasteiger partial charge in [0.1, 0.15) is 12.3 Å². The Morgan fingerprint density at radius 2 is 2.39 bits per heavy atom. The molecule has 1 fully saturated rings. The van der Waals surface area contributed by atoms with E-state index in [4.69, 9.17) is 4.74 Å². The minimum Gasteiger partial charge on any atom is -0.471 e. The summed E-state index contributed by atoms with van der Waals surface area (Å²) in [5.74, 6) is 0.241. The van der Waals surface area contributed by atoms with Crippen molar-refractivity contribution in [3.8, 4) is 5.88 Å². The molecule has 1 unspecified atom stereocenters. The maximum Gasteiger partial charge on any atom is 0.353 e. The van der Waals surface area contributed by atoms with Gasteiger partial charge in [-0.05, 0) is 26.3 Å². The monoisotopic (exact) mass is 254 g/mol. The summed E-state index contributed by atoms with van der Waals surface area (Å²) in [6.07, 6.45) is 3.40. The SMILES string of the molecule is Cc1nn(C)c(OCC2CCCCN2)c1[N+](=O)[O-]. The lowest BCUT2D eigenvalue weighted by atomic mass is 10.1. The highest BCUT2D eigenvalue weighted by Gasteiger charge is 2.26. The van der Waals surface area contributed by atoms with E-state index in [2.05, 4.69) is 10.4 Å². The van der Waals surface area contributed by atoms with Crippen molar-refractivity contribution in [2.45, 2.75) is 32.2 Å². The second-order valence-corrected chi connectivity index (χ2v) is 4.58. The van der Waals surface area contributed by atoms with E-state index < -0.39 is 4.92 Å². The summed E-state index contributed by atoms with van der Waals surface area (Å²) in [6, 6.07) is 0.272. The van der Waals surface area contributed by atoms with Gasteiger partial charge in [0.2, 0.25) is 0 Å². The number of hydrogen-bond acceptors (Lipinski definition) is 5. The lowest BCUT2D eigenvalue weighted by Gasteiger charge is -2.23. The smallest absolute Gasteiger partial charge is 0.353 e. The standard InChI is InChI=1S/C11H18N4O3/c1-8-10(15(16)17)11(14(2)13-8)18-7-9-5-3-4-6-12-9/h9,12H,3-7H2,1-2H3. The molecule has 1 atom stereocenters. The summed E-state index contributed by atoms with van der Waals surface area (Å²) in [7, 11) is 1.66. The lowest BCUT2D eigenvalue weighted by molar-refractivity contribution is -0.386. The Morgan fingerprint density at radius 3 is 3.00 bits per heavy atom. The van der Waals surface area contributed by atoms with Gasteiger partial charge in [-0.1, -0.05) is 6.42 Å². The largest absolute Gasteiger partial charge is 0.471 e. The Hall–Kier alpha value is -1.63. The molecule has 2 rings (SSSR count). The van der Waals surface area contributed by atoms with Crippen LogP contribution in [-0.2, 0) is 7.05 Å². The maximum atomic E-state index is 11.0. The molecule has 7 heteroatoms. The zero-order valence-electron chi connectivity index (χ0n) is 10.7. The Bertz CT molecular complexity index is 438. The molecule has 0 aliphatic carbocycles. The first-order valence-electron chi connectivity index (χ1n) is 6.13. The number of piperidine rings is 1. The van der Waals surface area contributed by atoms with Crippen LogP contribution in [0.1, 0.15) is 25.0 Å². The van der Waals surface area contributed by atoms with Crippen molar-refractivity contribution >= 4 is 5.69 Å². The molecule has 0 radical (unpaired) electrons. The Morgan fingerprint density at radius 1 is 1.61 bits per heavy atom. The fourth-order valence-electron chi connectivity index (χ4n) is 2.24. The van der Waals surface area contributed by atoms with Crippen LogP contribution in [0.25, 0.3) is 0 Å². The number of aromatic nitrogens is 2. The molecular formula is C11H18N4O3. The molecule has 1 aromatic heterocycles. The Balaban J connectivity index is 2.06. The van der Waals surface area contributed by atoms with E-state index in [1.165, 1.54) is 17.5 Å². The highest BCUT2D eigenvalue weighted by Crippen LogP contribution is 2.29. The van der Waals surface area contributed by atoms with Crippen LogP contribution < -0.4 is 10.1 Å². The van der Waals surface area contributed by atoms with Crippen molar-refractivity contribution in [1.82, 2.24) is 15.1 Å². The van der Waals surface area contributed by atoms with Crippen molar-refractivity contribution in [1.29, 1.82) is 0 Å². The minimum absolute atomic E-state index is 0.0340. The zero-order chi connectivity index (χ0) is 13.1. The predicted octanol–water partition coefficient (Wildman–Crippen LogP) is 1.16. The summed E-state index contributed by atoms with van der Waals surface area (Å²) < 4.78 is 7.01. The first-order valence-corrected chi connectivity index (χ1v) is 6.13. The van der Waals surface area contributed by atoms with Gasteiger partial charge in [-0.3, -0.25) is 10.1 Å². The van der Waals surface area contributed by atoms with Gasteiger partial charge >= 0.3 is 5.69 Å². The third kappa shape index (κ3) is 2.61. The van der Waals surface area contributed by atoms with Crippen molar-refractivity contribution in [2.75, 3.05) is 13.2 Å². The van der Waals surface area contributed by atoms with Gasteiger partial charge in [-0.25, -0.2) is 4.68 Å². The number of aryl methyl sites for hydroxylation is 2. The molecule has 2 heterocycles. The molecular weight excluding hydrogens is 236 g/mol. The average Bonchev–Trinajstić information content (AvgIpc) is 2.62. The van der Waals surface area contributed by atoms with E-state index in [9.17, 15) is 10.1 Å². The summed E-state index contributed by atoms with van der Waals surface area (Å²) >= 11 is 0.